The summed E-state index contributed by atoms with van der Waals surface area (Å²) in [6.07, 6.45) is -1.42. The van der Waals surface area contributed by atoms with Crippen molar-refractivity contribution in [1.29, 1.82) is 0 Å². The SMILES string of the molecule is CN1c2cccc(COCOCc3ccccc3)c2[C@]23CCN(C(=O)OC(C)(C)C)C(=O)[C@H]2c2ccccc2N(C(=O)OC(C)(C)C)[C@H]13. The van der Waals surface area contributed by atoms with Crippen LogP contribution in [0, 0.1) is 0 Å². The number of piperidine rings is 1. The molecular formula is C38H45N3O7. The molecule has 0 bridgehead atoms. The van der Waals surface area contributed by atoms with Crippen molar-refractivity contribution in [2.45, 2.75) is 89.9 Å². The summed E-state index contributed by atoms with van der Waals surface area (Å²) < 4.78 is 23.6. The second-order valence-electron chi connectivity index (χ2n) is 14.7. The minimum Gasteiger partial charge on any atom is -0.443 e. The zero-order chi connectivity index (χ0) is 34.4. The molecule has 10 nitrogen and oxygen atoms in total. The van der Waals surface area contributed by atoms with Crippen molar-refractivity contribution >= 4 is 29.5 Å². The van der Waals surface area contributed by atoms with Crippen molar-refractivity contribution in [2.75, 3.05) is 30.2 Å². The molecule has 0 aromatic heterocycles. The lowest BCUT2D eigenvalue weighted by Gasteiger charge is -2.55. The highest BCUT2D eigenvalue weighted by Gasteiger charge is 2.67. The number of amides is 3. The van der Waals surface area contributed by atoms with Gasteiger partial charge < -0.3 is 23.8 Å². The van der Waals surface area contributed by atoms with Gasteiger partial charge in [-0.3, -0.25) is 9.69 Å². The average molecular weight is 656 g/mol. The van der Waals surface area contributed by atoms with E-state index in [0.29, 0.717) is 24.3 Å². The van der Waals surface area contributed by atoms with Crippen LogP contribution in [0.5, 0.6) is 0 Å². The molecule has 10 heteroatoms. The molecule has 6 rings (SSSR count). The van der Waals surface area contributed by atoms with E-state index in [1.807, 2.05) is 101 Å². The van der Waals surface area contributed by atoms with Gasteiger partial charge in [0.15, 0.2) is 0 Å². The number of likely N-dealkylation sites (N-methyl/N-ethyl adjacent to an activating group) is 1. The number of ether oxygens (including phenoxy) is 4. The topological polar surface area (TPSA) is 97.9 Å². The van der Waals surface area contributed by atoms with Crippen molar-refractivity contribution in [2.24, 2.45) is 0 Å². The number of imide groups is 1. The van der Waals surface area contributed by atoms with Crippen LogP contribution in [0.1, 0.15) is 76.1 Å². The second-order valence-corrected chi connectivity index (χ2v) is 14.7. The highest BCUT2D eigenvalue weighted by molar-refractivity contribution is 6.03. The van der Waals surface area contributed by atoms with Crippen LogP contribution in [0.25, 0.3) is 0 Å². The Labute approximate surface area is 282 Å². The van der Waals surface area contributed by atoms with E-state index in [-0.39, 0.29) is 25.9 Å². The van der Waals surface area contributed by atoms with Gasteiger partial charge in [0.2, 0.25) is 5.91 Å². The van der Waals surface area contributed by atoms with Gasteiger partial charge in [-0.15, -0.1) is 0 Å². The van der Waals surface area contributed by atoms with Crippen LogP contribution in [0.2, 0.25) is 0 Å². The third kappa shape index (κ3) is 6.03. The van der Waals surface area contributed by atoms with Gasteiger partial charge in [0.25, 0.3) is 0 Å². The normalized spacial score (nSPS) is 21.6. The monoisotopic (exact) mass is 655 g/mol. The largest absolute Gasteiger partial charge is 0.443 e. The molecule has 3 aliphatic heterocycles. The Balaban J connectivity index is 1.44. The Bertz CT molecular complexity index is 1700. The highest BCUT2D eigenvalue weighted by atomic mass is 16.7. The predicted octanol–water partition coefficient (Wildman–Crippen LogP) is 7.10. The van der Waals surface area contributed by atoms with E-state index in [4.69, 9.17) is 18.9 Å². The van der Waals surface area contributed by atoms with Crippen LogP contribution in [0.15, 0.2) is 72.8 Å². The molecule has 3 amide bonds. The summed E-state index contributed by atoms with van der Waals surface area (Å²) in [6.45, 7) is 11.7. The number of likely N-dealkylation sites (tertiary alicyclic amines) is 1. The maximum Gasteiger partial charge on any atom is 0.417 e. The van der Waals surface area contributed by atoms with Gasteiger partial charge >= 0.3 is 12.2 Å². The highest BCUT2D eigenvalue weighted by Crippen LogP contribution is 2.62. The average Bonchev–Trinajstić information content (AvgIpc) is 3.26. The first kappa shape index (κ1) is 33.5. The minimum absolute atomic E-state index is 0.0759. The maximum absolute atomic E-state index is 14.8. The van der Waals surface area contributed by atoms with Gasteiger partial charge in [-0.2, -0.15) is 0 Å². The predicted molar refractivity (Wildman–Crippen MR) is 182 cm³/mol. The fraction of sp³-hybridized carbons (Fsp3) is 0.447. The number of nitrogens with zero attached hydrogens (tertiary/aromatic N) is 3. The zero-order valence-corrected chi connectivity index (χ0v) is 28.8. The molecule has 3 aliphatic rings. The Kier molecular flexibility index (Phi) is 8.76. The molecule has 3 heterocycles. The van der Waals surface area contributed by atoms with Crippen molar-refractivity contribution in [3.63, 3.8) is 0 Å². The van der Waals surface area contributed by atoms with Crippen molar-refractivity contribution in [1.82, 2.24) is 4.90 Å². The van der Waals surface area contributed by atoms with Crippen molar-refractivity contribution < 1.29 is 33.3 Å². The second kappa shape index (κ2) is 12.6. The summed E-state index contributed by atoms with van der Waals surface area (Å²) in [5, 5.41) is 0. The lowest BCUT2D eigenvalue weighted by Crippen LogP contribution is -2.68. The number of carbonyl (C=O) groups excluding carboxylic acids is 3. The number of rotatable bonds is 6. The van der Waals surface area contributed by atoms with Crippen LogP contribution in [0.3, 0.4) is 0 Å². The number of hydrogen-bond acceptors (Lipinski definition) is 8. The lowest BCUT2D eigenvalue weighted by molar-refractivity contribution is -0.138. The van der Waals surface area contributed by atoms with Gasteiger partial charge in [0.05, 0.1) is 30.2 Å². The molecule has 1 saturated heterocycles. The molecule has 0 aliphatic carbocycles. The van der Waals surface area contributed by atoms with E-state index < -0.39 is 40.9 Å². The van der Waals surface area contributed by atoms with Crippen LogP contribution in [-0.2, 0) is 42.4 Å². The first-order valence-corrected chi connectivity index (χ1v) is 16.4. The van der Waals surface area contributed by atoms with E-state index in [1.54, 1.807) is 25.7 Å². The molecule has 0 radical (unpaired) electrons. The summed E-state index contributed by atoms with van der Waals surface area (Å²) >= 11 is 0. The Hall–Kier alpha value is -4.41. The Morgan fingerprint density at radius 2 is 1.42 bits per heavy atom. The molecule has 48 heavy (non-hydrogen) atoms. The van der Waals surface area contributed by atoms with E-state index >= 15 is 0 Å². The molecular weight excluding hydrogens is 610 g/mol. The first-order chi connectivity index (χ1) is 22.7. The molecule has 3 aromatic carbocycles. The van der Waals surface area contributed by atoms with Crippen molar-refractivity contribution in [3.8, 4) is 0 Å². The summed E-state index contributed by atoms with van der Waals surface area (Å²) in [7, 11) is 1.94. The fourth-order valence-corrected chi connectivity index (χ4v) is 7.47. The lowest BCUT2D eigenvalue weighted by atomic mass is 9.59. The van der Waals surface area contributed by atoms with Gasteiger partial charge in [-0.25, -0.2) is 14.5 Å². The van der Waals surface area contributed by atoms with E-state index in [0.717, 1.165) is 22.4 Å². The van der Waals surface area contributed by atoms with E-state index in [2.05, 4.69) is 4.90 Å². The van der Waals surface area contributed by atoms with Crippen LogP contribution >= 0.6 is 0 Å². The number of hydrogen-bond donors (Lipinski definition) is 0. The van der Waals surface area contributed by atoms with Crippen LogP contribution in [0.4, 0.5) is 21.0 Å². The molecule has 254 valence electrons. The molecule has 0 saturated carbocycles. The van der Waals surface area contributed by atoms with Crippen LogP contribution in [-0.4, -0.2) is 60.7 Å². The number of anilines is 2. The quantitative estimate of drug-likeness (QED) is 0.205. The third-order valence-corrected chi connectivity index (χ3v) is 9.07. The maximum atomic E-state index is 14.8. The third-order valence-electron chi connectivity index (χ3n) is 9.07. The van der Waals surface area contributed by atoms with Gasteiger partial charge in [-0.05, 0) is 82.3 Å². The van der Waals surface area contributed by atoms with Gasteiger partial charge in [0.1, 0.15) is 24.2 Å². The van der Waals surface area contributed by atoms with Crippen molar-refractivity contribution in [3.05, 3.63) is 95.1 Å². The summed E-state index contributed by atoms with van der Waals surface area (Å²) in [5.74, 6) is -1.15. The number of para-hydroxylation sites is 1. The smallest absolute Gasteiger partial charge is 0.417 e. The number of carbonyl (C=O) groups is 3. The molecule has 0 unspecified atom stereocenters. The Morgan fingerprint density at radius 3 is 2.12 bits per heavy atom. The summed E-state index contributed by atoms with van der Waals surface area (Å²) in [5.41, 5.74) is 2.50. The number of fused-ring (bicyclic) bond motifs is 3. The van der Waals surface area contributed by atoms with Gasteiger partial charge in [0, 0.05) is 19.3 Å². The van der Waals surface area contributed by atoms with E-state index in [9.17, 15) is 14.4 Å². The Morgan fingerprint density at radius 1 is 0.792 bits per heavy atom. The van der Waals surface area contributed by atoms with Gasteiger partial charge in [-0.1, -0.05) is 60.7 Å². The molecule has 1 spiro atoms. The fourth-order valence-electron chi connectivity index (χ4n) is 7.47. The van der Waals surface area contributed by atoms with E-state index in [1.165, 1.54) is 4.90 Å². The van der Waals surface area contributed by atoms with Crippen LogP contribution < -0.4 is 9.80 Å². The first-order valence-electron chi connectivity index (χ1n) is 16.4. The molecule has 3 aromatic rings. The summed E-state index contributed by atoms with van der Waals surface area (Å²) in [4.78, 5) is 47.4. The molecule has 1 fully saturated rings. The molecule has 3 atom stereocenters. The minimum atomic E-state index is -0.935. The standard InChI is InChI=1S/C38H45N3O7/c1-36(2,3)47-34(43)40-21-20-38-30-26(23-46-24-45-22-25-14-9-8-10-15-25)16-13-19-29(30)39(7)33(38)41(35(44)48-37(4,5)6)28-18-12-11-17-27(28)31(38)32(40)42/h8-19,31,33H,20-24H2,1-7H3/t31-,33+,38-/m1/s1. The zero-order valence-electron chi connectivity index (χ0n) is 28.8. The number of benzene rings is 3. The molecule has 0 N–H and O–H groups in total. The summed E-state index contributed by atoms with van der Waals surface area (Å²) in [6, 6.07) is 23.3.